The molecule has 3 N–H and O–H groups in total. The number of ether oxygens (including phenoxy) is 2. The number of allylic oxidation sites excluding steroid dienone is 1. The molecule has 55 heavy (non-hydrogen) atoms. The van der Waals surface area contributed by atoms with E-state index in [4.69, 9.17) is 9.47 Å². The van der Waals surface area contributed by atoms with Crippen molar-refractivity contribution in [3.63, 3.8) is 0 Å². The standard InChI is InChI=1S/C39H46FN5O9S/c1-24-11-7-8-18-33(24)55(51,52)43-36(48)39-20-26(39)13-5-3-2-4-6-17-31(41-37(49)53-27-14-10-15-27)35(47)45-22-28(19-32(45)34(46)42-39)54-38(50)44-21-25-12-9-16-30(40)29(25)23-44/h5,7-9,11-13,16,18,26-28,31-32H,2-4,6,10,14-15,17,19-23H2,1H3,(H,41,49)(H,42,46)(H,43,48)/t26-,28-,31+,32+,39-/m1/s1. The fourth-order valence-corrected chi connectivity index (χ4v) is 9.12. The van der Waals surface area contributed by atoms with Gasteiger partial charge >= 0.3 is 12.2 Å². The van der Waals surface area contributed by atoms with Crippen LogP contribution < -0.4 is 15.4 Å². The second-order valence-electron chi connectivity index (χ2n) is 15.2. The molecule has 1 saturated heterocycles. The average Bonchev–Trinajstić information content (AvgIpc) is 3.42. The molecule has 0 radical (unpaired) electrons. The summed E-state index contributed by atoms with van der Waals surface area (Å²) >= 11 is 0. The number of aryl methyl sites for hydroxylation is 1. The molecule has 2 aromatic carbocycles. The summed E-state index contributed by atoms with van der Waals surface area (Å²) in [5.41, 5.74) is -0.170. The van der Waals surface area contributed by atoms with Crippen LogP contribution in [0.2, 0.25) is 0 Å². The van der Waals surface area contributed by atoms with Crippen molar-refractivity contribution in [3.05, 3.63) is 77.1 Å². The van der Waals surface area contributed by atoms with Crippen LogP contribution in [-0.4, -0.2) is 84.5 Å². The fourth-order valence-electron chi connectivity index (χ4n) is 7.83. The fraction of sp³-hybridized carbons (Fsp3) is 0.513. The second kappa shape index (κ2) is 15.6. The van der Waals surface area contributed by atoms with Gasteiger partial charge in [-0.05, 0) is 75.1 Å². The monoisotopic (exact) mass is 779 g/mol. The Kier molecular flexibility index (Phi) is 10.9. The predicted octanol–water partition coefficient (Wildman–Crippen LogP) is 4.10. The molecule has 3 fully saturated rings. The highest BCUT2D eigenvalue weighted by Gasteiger charge is 2.62. The van der Waals surface area contributed by atoms with Gasteiger partial charge in [0.2, 0.25) is 11.8 Å². The number of fused-ring (bicyclic) bond motifs is 3. The van der Waals surface area contributed by atoms with Gasteiger partial charge in [0.1, 0.15) is 35.6 Å². The molecule has 0 aromatic heterocycles. The smallest absolute Gasteiger partial charge is 0.410 e. The van der Waals surface area contributed by atoms with Gasteiger partial charge in [0.25, 0.3) is 15.9 Å². The summed E-state index contributed by atoms with van der Waals surface area (Å²) in [7, 11) is -4.32. The van der Waals surface area contributed by atoms with Crippen molar-refractivity contribution >= 4 is 39.9 Å². The van der Waals surface area contributed by atoms with Crippen LogP contribution in [0.25, 0.3) is 0 Å². The Morgan fingerprint density at radius 2 is 1.75 bits per heavy atom. The van der Waals surface area contributed by atoms with Crippen molar-refractivity contribution in [3.8, 4) is 0 Å². The minimum atomic E-state index is -4.32. The summed E-state index contributed by atoms with van der Waals surface area (Å²) in [4.78, 5) is 71.5. The third-order valence-electron chi connectivity index (χ3n) is 11.3. The van der Waals surface area contributed by atoms with Gasteiger partial charge in [-0.2, -0.15) is 0 Å². The Balaban J connectivity index is 1.14. The number of benzene rings is 2. The second-order valence-corrected chi connectivity index (χ2v) is 16.8. The van der Waals surface area contributed by atoms with Gasteiger partial charge < -0.3 is 25.0 Å². The van der Waals surface area contributed by atoms with E-state index in [2.05, 4.69) is 15.4 Å². The van der Waals surface area contributed by atoms with Crippen molar-refractivity contribution in [2.75, 3.05) is 6.54 Å². The summed E-state index contributed by atoms with van der Waals surface area (Å²) in [6.07, 6.45) is 6.37. The van der Waals surface area contributed by atoms with Crippen molar-refractivity contribution in [2.24, 2.45) is 5.92 Å². The first-order valence-electron chi connectivity index (χ1n) is 19.0. The number of nitrogens with one attached hydrogen (secondary N) is 3. The number of halogens is 1. The zero-order valence-corrected chi connectivity index (χ0v) is 31.4. The summed E-state index contributed by atoms with van der Waals surface area (Å²) < 4.78 is 54.8. The predicted molar refractivity (Wildman–Crippen MR) is 195 cm³/mol. The Morgan fingerprint density at radius 3 is 2.49 bits per heavy atom. The summed E-state index contributed by atoms with van der Waals surface area (Å²) in [6.45, 7) is 1.53. The Bertz CT molecular complexity index is 2010. The van der Waals surface area contributed by atoms with E-state index in [1.54, 1.807) is 43.3 Å². The Hall–Kier alpha value is -4.99. The van der Waals surface area contributed by atoms with Gasteiger partial charge in [-0.1, -0.05) is 55.3 Å². The lowest BCUT2D eigenvalue weighted by Gasteiger charge is -2.31. The largest absolute Gasteiger partial charge is 0.446 e. The van der Waals surface area contributed by atoms with Crippen LogP contribution in [0.1, 0.15) is 80.9 Å². The van der Waals surface area contributed by atoms with E-state index < -0.39 is 75.4 Å². The molecule has 7 rings (SSSR count). The zero-order chi connectivity index (χ0) is 38.9. The third kappa shape index (κ3) is 8.19. The summed E-state index contributed by atoms with van der Waals surface area (Å²) in [5, 5.41) is 5.51. The van der Waals surface area contributed by atoms with Crippen LogP contribution in [0.4, 0.5) is 14.0 Å². The highest BCUT2D eigenvalue weighted by atomic mass is 32.2. The summed E-state index contributed by atoms with van der Waals surface area (Å²) in [6, 6.07) is 8.51. The van der Waals surface area contributed by atoms with Crippen LogP contribution in [-0.2, 0) is 47.0 Å². The molecule has 0 bridgehead atoms. The molecule has 0 spiro atoms. The van der Waals surface area contributed by atoms with E-state index >= 15 is 0 Å². The van der Waals surface area contributed by atoms with E-state index in [0.29, 0.717) is 29.5 Å². The normalized spacial score (nSPS) is 26.9. The number of carbonyl (C=O) groups excluding carboxylic acids is 5. The molecule has 3 heterocycles. The maximum absolute atomic E-state index is 14.5. The third-order valence-corrected chi connectivity index (χ3v) is 12.8. The lowest BCUT2D eigenvalue weighted by Crippen LogP contribution is -2.58. The van der Waals surface area contributed by atoms with Gasteiger partial charge in [-0.15, -0.1) is 0 Å². The number of hydrogen-bond acceptors (Lipinski definition) is 9. The van der Waals surface area contributed by atoms with Crippen molar-refractivity contribution < 1.29 is 46.3 Å². The van der Waals surface area contributed by atoms with Gasteiger partial charge in [0.15, 0.2) is 0 Å². The van der Waals surface area contributed by atoms with E-state index in [1.165, 1.54) is 21.9 Å². The molecule has 5 aliphatic rings. The van der Waals surface area contributed by atoms with Crippen molar-refractivity contribution in [2.45, 2.75) is 119 Å². The molecule has 2 aromatic rings. The molecule has 294 valence electrons. The molecule has 0 unspecified atom stereocenters. The van der Waals surface area contributed by atoms with Crippen LogP contribution >= 0.6 is 0 Å². The van der Waals surface area contributed by atoms with Gasteiger partial charge in [0, 0.05) is 24.4 Å². The lowest BCUT2D eigenvalue weighted by molar-refractivity contribution is -0.141. The van der Waals surface area contributed by atoms with Crippen LogP contribution in [0.15, 0.2) is 59.5 Å². The first kappa shape index (κ1) is 38.3. The van der Waals surface area contributed by atoms with Gasteiger partial charge in [-0.25, -0.2) is 27.1 Å². The van der Waals surface area contributed by atoms with E-state index in [-0.39, 0.29) is 49.9 Å². The van der Waals surface area contributed by atoms with E-state index in [0.717, 1.165) is 32.1 Å². The first-order chi connectivity index (χ1) is 26.3. The van der Waals surface area contributed by atoms with E-state index in [1.807, 2.05) is 6.08 Å². The number of hydrogen-bond donors (Lipinski definition) is 3. The van der Waals surface area contributed by atoms with Crippen LogP contribution in [0.3, 0.4) is 0 Å². The topological polar surface area (TPSA) is 181 Å². The maximum atomic E-state index is 14.5. The number of sulfonamides is 1. The van der Waals surface area contributed by atoms with Crippen molar-refractivity contribution in [1.29, 1.82) is 0 Å². The number of alkyl carbamates (subject to hydrolysis) is 1. The molecule has 16 heteroatoms. The van der Waals surface area contributed by atoms with Gasteiger partial charge in [0.05, 0.1) is 18.0 Å². The lowest BCUT2D eigenvalue weighted by atomic mass is 9.96. The molecular weight excluding hydrogens is 734 g/mol. The number of rotatable bonds is 6. The molecule has 2 saturated carbocycles. The highest BCUT2D eigenvalue weighted by molar-refractivity contribution is 7.90. The first-order valence-corrected chi connectivity index (χ1v) is 20.4. The molecule has 2 aliphatic carbocycles. The maximum Gasteiger partial charge on any atom is 0.410 e. The van der Waals surface area contributed by atoms with E-state index in [9.17, 15) is 36.8 Å². The SMILES string of the molecule is Cc1ccccc1S(=O)(=O)NC(=O)[C@@]12C[C@H]1C=CCCCCC[C@H](NC(=O)OC1CCC1)C(=O)N1C[C@H](OC(=O)N3Cc4cccc(F)c4C3)C[C@H]1C(=O)N2. The number of amides is 5. The van der Waals surface area contributed by atoms with Crippen LogP contribution in [0, 0.1) is 18.7 Å². The molecular formula is C39H46FN5O9S. The summed E-state index contributed by atoms with van der Waals surface area (Å²) in [5.74, 6) is -3.20. The Labute approximate surface area is 319 Å². The van der Waals surface area contributed by atoms with Gasteiger partial charge in [-0.3, -0.25) is 19.3 Å². The molecule has 14 nitrogen and oxygen atoms in total. The number of nitrogens with zero attached hydrogens (tertiary/aromatic N) is 2. The Morgan fingerprint density at radius 1 is 0.945 bits per heavy atom. The molecule has 5 atom stereocenters. The average molecular weight is 780 g/mol. The highest BCUT2D eigenvalue weighted by Crippen LogP contribution is 2.46. The van der Waals surface area contributed by atoms with Crippen molar-refractivity contribution in [1.82, 2.24) is 25.2 Å². The minimum absolute atomic E-state index is 0.00677. The quantitative estimate of drug-likeness (QED) is 0.364. The minimum Gasteiger partial charge on any atom is -0.446 e. The molecule has 5 amide bonds. The zero-order valence-electron chi connectivity index (χ0n) is 30.6. The molecule has 3 aliphatic heterocycles. The van der Waals surface area contributed by atoms with Crippen LogP contribution in [0.5, 0.6) is 0 Å². The number of carbonyl (C=O) groups is 5.